The Kier molecular flexibility index (Phi) is 3.42. The van der Waals surface area contributed by atoms with Crippen LogP contribution >= 0.6 is 0 Å². The summed E-state index contributed by atoms with van der Waals surface area (Å²) in [6, 6.07) is 8.71. The molecule has 1 aromatic carbocycles. The molecule has 0 atom stereocenters. The van der Waals surface area contributed by atoms with E-state index in [2.05, 4.69) is 20.3 Å². The van der Waals surface area contributed by atoms with Gasteiger partial charge in [-0.25, -0.2) is 15.0 Å². The fourth-order valence-electron chi connectivity index (χ4n) is 1.96. The van der Waals surface area contributed by atoms with E-state index >= 15 is 0 Å². The Morgan fingerprint density at radius 3 is 3.00 bits per heavy atom. The van der Waals surface area contributed by atoms with Crippen LogP contribution in [0.1, 0.15) is 10.4 Å². The second-order valence-corrected chi connectivity index (χ2v) is 4.31. The highest BCUT2D eigenvalue weighted by Gasteiger charge is 2.10. The number of methoxy groups -OCH3 is 1. The first-order chi connectivity index (χ1) is 10.3. The van der Waals surface area contributed by atoms with Gasteiger partial charge in [-0.05, 0) is 24.3 Å². The van der Waals surface area contributed by atoms with Crippen LogP contribution in [0.15, 0.2) is 49.1 Å². The number of anilines is 1. The van der Waals surface area contributed by atoms with Gasteiger partial charge in [-0.2, -0.15) is 0 Å². The van der Waals surface area contributed by atoms with Crippen LogP contribution in [0.25, 0.3) is 10.9 Å². The Balaban J connectivity index is 1.90. The molecule has 0 bridgehead atoms. The number of hydrogen-bond donors (Lipinski definition) is 1. The van der Waals surface area contributed by atoms with Gasteiger partial charge in [0.15, 0.2) is 0 Å². The predicted molar refractivity (Wildman–Crippen MR) is 78.3 cm³/mol. The van der Waals surface area contributed by atoms with Crippen molar-refractivity contribution in [2.45, 2.75) is 0 Å². The quantitative estimate of drug-likeness (QED) is 0.796. The van der Waals surface area contributed by atoms with Crippen molar-refractivity contribution < 1.29 is 9.53 Å². The molecule has 2 heterocycles. The number of pyridine rings is 1. The van der Waals surface area contributed by atoms with E-state index in [1.165, 1.54) is 13.4 Å². The fourth-order valence-corrected chi connectivity index (χ4v) is 1.96. The van der Waals surface area contributed by atoms with Crippen molar-refractivity contribution in [2.75, 3.05) is 12.4 Å². The lowest BCUT2D eigenvalue weighted by atomic mass is 10.1. The van der Waals surface area contributed by atoms with Gasteiger partial charge in [0.1, 0.15) is 12.0 Å². The molecule has 1 N–H and O–H groups in total. The third-order valence-electron chi connectivity index (χ3n) is 2.98. The van der Waals surface area contributed by atoms with Gasteiger partial charge in [-0.1, -0.05) is 6.07 Å². The number of carbonyl (C=O) groups is 1. The van der Waals surface area contributed by atoms with Crippen molar-refractivity contribution in [1.82, 2.24) is 15.0 Å². The van der Waals surface area contributed by atoms with Crippen LogP contribution in [0.5, 0.6) is 5.88 Å². The van der Waals surface area contributed by atoms with E-state index in [-0.39, 0.29) is 5.91 Å². The molecule has 2 aromatic heterocycles. The molecule has 0 spiro atoms. The summed E-state index contributed by atoms with van der Waals surface area (Å²) in [5.74, 6) is 0.121. The van der Waals surface area contributed by atoms with Gasteiger partial charge in [0, 0.05) is 23.3 Å². The minimum absolute atomic E-state index is 0.248. The third kappa shape index (κ3) is 2.64. The lowest BCUT2D eigenvalue weighted by Gasteiger charge is -2.09. The van der Waals surface area contributed by atoms with Crippen LogP contribution in [0.3, 0.4) is 0 Å². The predicted octanol–water partition coefficient (Wildman–Crippen LogP) is 2.29. The SMILES string of the molecule is COc1ncccc1NC(=O)c1ccc2cncnc2c1. The van der Waals surface area contributed by atoms with Crippen molar-refractivity contribution in [2.24, 2.45) is 0 Å². The Morgan fingerprint density at radius 1 is 1.24 bits per heavy atom. The molecule has 0 saturated carbocycles. The highest BCUT2D eigenvalue weighted by Crippen LogP contribution is 2.21. The zero-order chi connectivity index (χ0) is 14.7. The summed E-state index contributed by atoms with van der Waals surface area (Å²) in [6.07, 6.45) is 4.75. The van der Waals surface area contributed by atoms with Crippen LogP contribution < -0.4 is 10.1 Å². The molecule has 21 heavy (non-hydrogen) atoms. The molecule has 0 saturated heterocycles. The molecule has 0 aliphatic carbocycles. The molecule has 0 aliphatic heterocycles. The Bertz CT molecular complexity index is 804. The number of amides is 1. The topological polar surface area (TPSA) is 77.0 Å². The number of aromatic nitrogens is 3. The third-order valence-corrected chi connectivity index (χ3v) is 2.98. The van der Waals surface area contributed by atoms with Crippen LogP contribution in [-0.2, 0) is 0 Å². The average Bonchev–Trinajstić information content (AvgIpc) is 2.55. The van der Waals surface area contributed by atoms with Crippen molar-refractivity contribution in [3.8, 4) is 5.88 Å². The smallest absolute Gasteiger partial charge is 0.255 e. The maximum atomic E-state index is 12.3. The summed E-state index contributed by atoms with van der Waals surface area (Å²) in [6.45, 7) is 0. The maximum absolute atomic E-state index is 12.3. The van der Waals surface area contributed by atoms with E-state index in [1.807, 2.05) is 6.07 Å². The average molecular weight is 280 g/mol. The zero-order valence-electron chi connectivity index (χ0n) is 11.3. The highest BCUT2D eigenvalue weighted by molar-refractivity contribution is 6.06. The minimum atomic E-state index is -0.248. The standard InChI is InChI=1S/C15H12N4O2/c1-21-15-12(3-2-6-17-15)19-14(20)10-4-5-11-8-16-9-18-13(11)7-10/h2-9H,1H3,(H,19,20). The van der Waals surface area contributed by atoms with Gasteiger partial charge in [0.2, 0.25) is 5.88 Å². The van der Waals surface area contributed by atoms with E-state index in [0.717, 1.165) is 10.9 Å². The molecule has 3 rings (SSSR count). The number of fused-ring (bicyclic) bond motifs is 1. The number of nitrogens with zero attached hydrogens (tertiary/aromatic N) is 3. The van der Waals surface area contributed by atoms with E-state index < -0.39 is 0 Å². The van der Waals surface area contributed by atoms with Gasteiger partial charge in [0.25, 0.3) is 5.91 Å². The molecular formula is C15H12N4O2. The molecule has 0 unspecified atom stereocenters. The minimum Gasteiger partial charge on any atom is -0.480 e. The van der Waals surface area contributed by atoms with Gasteiger partial charge in [-0.3, -0.25) is 4.79 Å². The Labute approximate surface area is 120 Å². The summed E-state index contributed by atoms with van der Waals surface area (Å²) < 4.78 is 5.11. The van der Waals surface area contributed by atoms with Crippen LogP contribution in [0, 0.1) is 0 Å². The monoisotopic (exact) mass is 280 g/mol. The first-order valence-corrected chi connectivity index (χ1v) is 6.28. The summed E-state index contributed by atoms with van der Waals surface area (Å²) in [5.41, 5.74) is 1.75. The second-order valence-electron chi connectivity index (χ2n) is 4.31. The fraction of sp³-hybridized carbons (Fsp3) is 0.0667. The number of benzene rings is 1. The van der Waals surface area contributed by atoms with E-state index in [1.54, 1.807) is 36.7 Å². The van der Waals surface area contributed by atoms with Gasteiger partial charge in [0.05, 0.1) is 12.6 Å². The molecular weight excluding hydrogens is 268 g/mol. The van der Waals surface area contributed by atoms with Crippen molar-refractivity contribution >= 4 is 22.5 Å². The molecule has 6 nitrogen and oxygen atoms in total. The van der Waals surface area contributed by atoms with E-state index in [0.29, 0.717) is 17.1 Å². The molecule has 0 fully saturated rings. The number of carbonyl (C=O) groups excluding carboxylic acids is 1. The first kappa shape index (κ1) is 13.0. The lowest BCUT2D eigenvalue weighted by molar-refractivity contribution is 0.102. The van der Waals surface area contributed by atoms with Crippen LogP contribution in [-0.4, -0.2) is 28.0 Å². The molecule has 0 radical (unpaired) electrons. The van der Waals surface area contributed by atoms with Crippen LogP contribution in [0.4, 0.5) is 5.69 Å². The van der Waals surface area contributed by atoms with E-state index in [4.69, 9.17) is 4.74 Å². The zero-order valence-corrected chi connectivity index (χ0v) is 11.3. The molecule has 3 aromatic rings. The molecule has 6 heteroatoms. The molecule has 1 amide bonds. The van der Waals surface area contributed by atoms with Gasteiger partial charge in [-0.15, -0.1) is 0 Å². The number of nitrogens with one attached hydrogen (secondary N) is 1. The normalized spacial score (nSPS) is 10.3. The van der Waals surface area contributed by atoms with Crippen LogP contribution in [0.2, 0.25) is 0 Å². The Hall–Kier alpha value is -3.02. The van der Waals surface area contributed by atoms with Gasteiger partial charge >= 0.3 is 0 Å². The maximum Gasteiger partial charge on any atom is 0.255 e. The molecule has 0 aliphatic rings. The largest absolute Gasteiger partial charge is 0.480 e. The number of rotatable bonds is 3. The van der Waals surface area contributed by atoms with Crippen molar-refractivity contribution in [3.63, 3.8) is 0 Å². The van der Waals surface area contributed by atoms with Crippen molar-refractivity contribution in [1.29, 1.82) is 0 Å². The van der Waals surface area contributed by atoms with Gasteiger partial charge < -0.3 is 10.1 Å². The second kappa shape index (κ2) is 5.54. The lowest BCUT2D eigenvalue weighted by Crippen LogP contribution is -2.13. The summed E-state index contributed by atoms with van der Waals surface area (Å²) in [7, 11) is 1.50. The summed E-state index contributed by atoms with van der Waals surface area (Å²) >= 11 is 0. The summed E-state index contributed by atoms with van der Waals surface area (Å²) in [5, 5.41) is 3.66. The summed E-state index contributed by atoms with van der Waals surface area (Å²) in [4.78, 5) is 24.4. The van der Waals surface area contributed by atoms with E-state index in [9.17, 15) is 4.79 Å². The first-order valence-electron chi connectivity index (χ1n) is 6.28. The van der Waals surface area contributed by atoms with Crippen molar-refractivity contribution in [3.05, 3.63) is 54.6 Å². The number of ether oxygens (including phenoxy) is 1. The number of hydrogen-bond acceptors (Lipinski definition) is 5. The Morgan fingerprint density at radius 2 is 2.14 bits per heavy atom. The molecule has 104 valence electrons. The highest BCUT2D eigenvalue weighted by atomic mass is 16.5.